The van der Waals surface area contributed by atoms with E-state index in [0.717, 1.165) is 29.5 Å². The van der Waals surface area contributed by atoms with Crippen LogP contribution in [0.3, 0.4) is 0 Å². The third-order valence-electron chi connectivity index (χ3n) is 4.83. The Morgan fingerprint density at radius 2 is 2.21 bits per heavy atom. The number of esters is 1. The van der Waals surface area contributed by atoms with Gasteiger partial charge in [0.15, 0.2) is 5.16 Å². The first-order chi connectivity index (χ1) is 11.6. The van der Waals surface area contributed by atoms with E-state index >= 15 is 0 Å². The highest BCUT2D eigenvalue weighted by Crippen LogP contribution is 2.37. The summed E-state index contributed by atoms with van der Waals surface area (Å²) in [4.78, 5) is 31.7. The Hall–Kier alpha value is -1.34. The van der Waals surface area contributed by atoms with Crippen LogP contribution >= 0.6 is 23.1 Å². The number of rotatable bonds is 3. The largest absolute Gasteiger partial charge is 0.465 e. The van der Waals surface area contributed by atoms with Gasteiger partial charge in [-0.1, -0.05) is 18.7 Å². The van der Waals surface area contributed by atoms with Crippen molar-refractivity contribution in [2.75, 3.05) is 6.61 Å². The molecule has 0 N–H and O–H groups in total. The van der Waals surface area contributed by atoms with Crippen LogP contribution in [0.1, 0.15) is 37.1 Å². The number of aryl methyl sites for hydroxylation is 1. The van der Waals surface area contributed by atoms with Crippen LogP contribution in [0.2, 0.25) is 0 Å². The summed E-state index contributed by atoms with van der Waals surface area (Å²) in [7, 11) is 0. The second-order valence-corrected chi connectivity index (χ2v) is 8.79. The molecule has 0 amide bonds. The van der Waals surface area contributed by atoms with E-state index in [1.807, 2.05) is 6.92 Å². The molecule has 1 aliphatic heterocycles. The first-order valence-electron chi connectivity index (χ1n) is 8.46. The van der Waals surface area contributed by atoms with Gasteiger partial charge in [-0.15, -0.1) is 11.3 Å². The molecule has 3 heterocycles. The van der Waals surface area contributed by atoms with Gasteiger partial charge in [0.1, 0.15) is 10.1 Å². The minimum Gasteiger partial charge on any atom is -0.465 e. The van der Waals surface area contributed by atoms with Gasteiger partial charge in [0, 0.05) is 17.8 Å². The number of nitrogens with zero attached hydrogens (tertiary/aromatic N) is 2. The summed E-state index contributed by atoms with van der Waals surface area (Å²) in [6, 6.07) is 0. The van der Waals surface area contributed by atoms with Crippen molar-refractivity contribution in [2.45, 2.75) is 56.5 Å². The molecule has 0 radical (unpaired) electrons. The zero-order valence-electron chi connectivity index (χ0n) is 13.8. The lowest BCUT2D eigenvalue weighted by atomic mass is 9.89. The third-order valence-corrected chi connectivity index (χ3v) is 7.21. The summed E-state index contributed by atoms with van der Waals surface area (Å²) < 4.78 is 6.75. The molecule has 4 rings (SSSR count). The average molecular weight is 364 g/mol. The van der Waals surface area contributed by atoms with Gasteiger partial charge in [-0.3, -0.25) is 14.2 Å². The zero-order valence-corrected chi connectivity index (χ0v) is 15.5. The van der Waals surface area contributed by atoms with Crippen LogP contribution in [0.15, 0.2) is 9.95 Å². The highest BCUT2D eigenvalue weighted by Gasteiger charge is 2.30. The molecule has 0 saturated carbocycles. The third kappa shape index (κ3) is 2.58. The van der Waals surface area contributed by atoms with Crippen molar-refractivity contribution >= 4 is 39.3 Å². The molecule has 0 aromatic carbocycles. The van der Waals surface area contributed by atoms with Gasteiger partial charge in [-0.2, -0.15) is 0 Å². The molecule has 0 unspecified atom stereocenters. The Balaban J connectivity index is 1.83. The number of carbonyl (C=O) groups is 1. The van der Waals surface area contributed by atoms with Gasteiger partial charge >= 0.3 is 5.97 Å². The number of ether oxygens (including phenoxy) is 1. The topological polar surface area (TPSA) is 61.2 Å². The maximum atomic E-state index is 13.1. The minimum atomic E-state index is -0.248. The summed E-state index contributed by atoms with van der Waals surface area (Å²) >= 11 is 3.03. The fraction of sp³-hybridized carbons (Fsp3) is 0.588. The average Bonchev–Trinajstić information content (AvgIpc) is 3.10. The van der Waals surface area contributed by atoms with Gasteiger partial charge in [0.2, 0.25) is 0 Å². The van der Waals surface area contributed by atoms with Gasteiger partial charge in [-0.05, 0) is 37.7 Å². The zero-order chi connectivity index (χ0) is 16.8. The molecular weight excluding hydrogens is 344 g/mol. The molecule has 0 spiro atoms. The Labute approximate surface area is 148 Å². The van der Waals surface area contributed by atoms with Crippen LogP contribution in [0, 0.1) is 5.92 Å². The number of thioether (sulfide) groups is 1. The number of aromatic nitrogens is 2. The normalized spacial score (nSPS) is 23.5. The van der Waals surface area contributed by atoms with Crippen LogP contribution in [-0.2, 0) is 28.9 Å². The first kappa shape index (κ1) is 16.1. The first-order valence-corrected chi connectivity index (χ1v) is 10.2. The minimum absolute atomic E-state index is 0.0448. The molecule has 2 aromatic rings. The predicted molar refractivity (Wildman–Crippen MR) is 96.0 cm³/mol. The fourth-order valence-corrected chi connectivity index (χ4v) is 6.03. The van der Waals surface area contributed by atoms with E-state index in [1.165, 1.54) is 22.2 Å². The number of thiophene rings is 1. The standard InChI is InChI=1S/C17H20N2O3S2/c1-3-19-15(20)13-10-5-4-9(2)8-12(10)23-14(13)18-17(19)24-11-6-7-22-16(11)21/h9,11H,3-8H2,1-2H3/t9-,11-/m1/s1. The molecule has 5 nitrogen and oxygen atoms in total. The summed E-state index contributed by atoms with van der Waals surface area (Å²) in [6.07, 6.45) is 3.83. The fourth-order valence-electron chi connectivity index (χ4n) is 3.49. The van der Waals surface area contributed by atoms with Gasteiger partial charge in [0.05, 0.1) is 12.0 Å². The van der Waals surface area contributed by atoms with Crippen molar-refractivity contribution in [1.29, 1.82) is 0 Å². The second kappa shape index (κ2) is 6.19. The van der Waals surface area contributed by atoms with Gasteiger partial charge in [-0.25, -0.2) is 4.98 Å². The molecule has 24 heavy (non-hydrogen) atoms. The van der Waals surface area contributed by atoms with Crippen molar-refractivity contribution in [3.63, 3.8) is 0 Å². The van der Waals surface area contributed by atoms with Crippen LogP contribution < -0.4 is 5.56 Å². The van der Waals surface area contributed by atoms with Gasteiger partial charge < -0.3 is 4.74 Å². The van der Waals surface area contributed by atoms with Crippen molar-refractivity contribution in [2.24, 2.45) is 5.92 Å². The SMILES string of the molecule is CCn1c(S[C@@H]2CCOC2=O)nc2sc3c(c2c1=O)CC[C@@H](C)C3. The molecule has 1 fully saturated rings. The Morgan fingerprint density at radius 1 is 1.38 bits per heavy atom. The van der Waals surface area contributed by atoms with E-state index in [0.29, 0.717) is 30.6 Å². The highest BCUT2D eigenvalue weighted by atomic mass is 32.2. The Morgan fingerprint density at radius 3 is 2.92 bits per heavy atom. The Kier molecular flexibility index (Phi) is 4.16. The molecule has 7 heteroatoms. The summed E-state index contributed by atoms with van der Waals surface area (Å²) in [5, 5.41) is 1.20. The van der Waals surface area contributed by atoms with E-state index in [1.54, 1.807) is 15.9 Å². The summed E-state index contributed by atoms with van der Waals surface area (Å²) in [5.74, 6) is 0.470. The van der Waals surface area contributed by atoms with Crippen LogP contribution in [0.4, 0.5) is 0 Å². The van der Waals surface area contributed by atoms with Crippen LogP contribution in [0.25, 0.3) is 10.2 Å². The molecule has 1 aliphatic carbocycles. The van der Waals surface area contributed by atoms with E-state index in [4.69, 9.17) is 9.72 Å². The summed E-state index contributed by atoms with van der Waals surface area (Å²) in [5.41, 5.74) is 1.26. The number of hydrogen-bond donors (Lipinski definition) is 0. The van der Waals surface area contributed by atoms with Crippen LogP contribution in [-0.4, -0.2) is 27.4 Å². The maximum absolute atomic E-state index is 13.1. The smallest absolute Gasteiger partial charge is 0.319 e. The number of carbonyl (C=O) groups excluding carboxylic acids is 1. The number of cyclic esters (lactones) is 1. The van der Waals surface area contributed by atoms with E-state index in [9.17, 15) is 9.59 Å². The molecule has 2 atom stereocenters. The van der Waals surface area contributed by atoms with E-state index in [-0.39, 0.29) is 16.8 Å². The molecule has 0 bridgehead atoms. The molecule has 128 valence electrons. The van der Waals surface area contributed by atoms with Crippen LogP contribution in [0.5, 0.6) is 0 Å². The Bertz CT molecular complexity index is 871. The van der Waals surface area contributed by atoms with Crippen molar-refractivity contribution < 1.29 is 9.53 Å². The van der Waals surface area contributed by atoms with Crippen molar-refractivity contribution in [3.8, 4) is 0 Å². The molecule has 2 aromatic heterocycles. The molecule has 1 saturated heterocycles. The maximum Gasteiger partial charge on any atom is 0.319 e. The highest BCUT2D eigenvalue weighted by molar-refractivity contribution is 8.00. The molecule has 2 aliphatic rings. The van der Waals surface area contributed by atoms with Crippen molar-refractivity contribution in [1.82, 2.24) is 9.55 Å². The molecular formula is C17H20N2O3S2. The van der Waals surface area contributed by atoms with E-state index < -0.39 is 0 Å². The van der Waals surface area contributed by atoms with E-state index in [2.05, 4.69) is 6.92 Å². The monoisotopic (exact) mass is 364 g/mol. The summed E-state index contributed by atoms with van der Waals surface area (Å²) in [6.45, 7) is 5.23. The van der Waals surface area contributed by atoms with Crippen molar-refractivity contribution in [3.05, 3.63) is 20.8 Å². The number of hydrogen-bond acceptors (Lipinski definition) is 6. The predicted octanol–water partition coefficient (Wildman–Crippen LogP) is 3.01. The number of fused-ring (bicyclic) bond motifs is 3. The quantitative estimate of drug-likeness (QED) is 0.619. The lowest BCUT2D eigenvalue weighted by Gasteiger charge is -2.17. The second-order valence-electron chi connectivity index (χ2n) is 6.54. The lowest BCUT2D eigenvalue weighted by Crippen LogP contribution is -2.24. The lowest BCUT2D eigenvalue weighted by molar-refractivity contribution is -0.137. The van der Waals surface area contributed by atoms with Gasteiger partial charge in [0.25, 0.3) is 5.56 Å².